The van der Waals surface area contributed by atoms with E-state index in [-0.39, 0.29) is 42.5 Å². The zero-order valence-electron chi connectivity index (χ0n) is 36.4. The number of carboxylic acid groups (broad SMARTS) is 1. The Hall–Kier alpha value is -4.85. The maximum Gasteiger partial charge on any atom is 0.411 e. The predicted molar refractivity (Wildman–Crippen MR) is 225 cm³/mol. The number of hydrogen-bond acceptors (Lipinski definition) is 11. The van der Waals surface area contributed by atoms with Crippen LogP contribution in [0.25, 0.3) is 10.8 Å². The number of hydrogen-bond donors (Lipinski definition) is 3. The van der Waals surface area contributed by atoms with Crippen LogP contribution in [-0.4, -0.2) is 132 Å². The van der Waals surface area contributed by atoms with Crippen LogP contribution in [0.15, 0.2) is 36.4 Å². The number of nitrogens with zero attached hydrogens (tertiary/aromatic N) is 4. The summed E-state index contributed by atoms with van der Waals surface area (Å²) in [6.45, 7) is 7.93. The van der Waals surface area contributed by atoms with Gasteiger partial charge in [-0.3, -0.25) is 24.0 Å². The summed E-state index contributed by atoms with van der Waals surface area (Å²) in [7, 11) is -2.61. The first kappa shape index (κ1) is 46.2. The highest BCUT2D eigenvalue weighted by Gasteiger charge is 2.64. The van der Waals surface area contributed by atoms with Gasteiger partial charge in [0, 0.05) is 30.8 Å². The number of carbonyl (C=O) groups excluding carboxylic acids is 3. The third kappa shape index (κ3) is 8.98. The van der Waals surface area contributed by atoms with Crippen molar-refractivity contribution < 1.29 is 60.1 Å². The van der Waals surface area contributed by atoms with Gasteiger partial charge in [0.15, 0.2) is 0 Å². The minimum Gasteiger partial charge on any atom is -0.497 e. The van der Waals surface area contributed by atoms with Gasteiger partial charge in [-0.15, -0.1) is 0 Å². The fourth-order valence-corrected chi connectivity index (χ4v) is 10.4. The number of sulfonamides is 1. The van der Waals surface area contributed by atoms with Crippen molar-refractivity contribution in [2.45, 2.75) is 120 Å². The monoisotopic (exact) mass is 906 g/mol. The molecular formula is C43H57F3N6O10S. The summed E-state index contributed by atoms with van der Waals surface area (Å²) < 4.78 is 89.7. The molecule has 20 heteroatoms. The van der Waals surface area contributed by atoms with Crippen molar-refractivity contribution in [1.29, 1.82) is 0 Å². The van der Waals surface area contributed by atoms with E-state index in [0.29, 0.717) is 88.2 Å². The fourth-order valence-electron chi connectivity index (χ4n) is 9.10. The molecule has 4 heterocycles. The number of morpholine rings is 1. The van der Waals surface area contributed by atoms with Gasteiger partial charge in [0.25, 0.3) is 5.91 Å². The molecule has 1 aromatic carbocycles. The summed E-state index contributed by atoms with van der Waals surface area (Å²) in [6.07, 6.45) is -2.91. The second-order valence-electron chi connectivity index (χ2n) is 18.6. The summed E-state index contributed by atoms with van der Waals surface area (Å²) in [6, 6.07) is 3.72. The quantitative estimate of drug-likeness (QED) is 0.285. The molecule has 2 aromatic rings. The van der Waals surface area contributed by atoms with Crippen molar-refractivity contribution >= 4 is 50.4 Å². The number of aromatic nitrogens is 1. The van der Waals surface area contributed by atoms with Crippen LogP contribution in [0.2, 0.25) is 0 Å². The zero-order valence-corrected chi connectivity index (χ0v) is 37.2. The van der Waals surface area contributed by atoms with Gasteiger partial charge >= 0.3 is 12.3 Å². The second-order valence-corrected chi connectivity index (χ2v) is 20.8. The average Bonchev–Trinajstić information content (AvgIpc) is 4.10. The van der Waals surface area contributed by atoms with E-state index in [1.807, 2.05) is 24.0 Å². The molecule has 63 heavy (non-hydrogen) atoms. The number of amides is 4. The first-order valence-electron chi connectivity index (χ1n) is 21.4. The van der Waals surface area contributed by atoms with E-state index in [9.17, 15) is 41.1 Å². The Kier molecular flexibility index (Phi) is 12.4. The van der Waals surface area contributed by atoms with E-state index in [0.717, 1.165) is 4.90 Å². The van der Waals surface area contributed by atoms with E-state index < -0.39 is 85.9 Å². The molecule has 2 saturated carbocycles. The molecule has 5 aliphatic rings. The van der Waals surface area contributed by atoms with E-state index in [1.54, 1.807) is 24.3 Å². The summed E-state index contributed by atoms with van der Waals surface area (Å²) in [5, 5.41) is 14.6. The van der Waals surface area contributed by atoms with Crippen LogP contribution < -0.4 is 24.4 Å². The van der Waals surface area contributed by atoms with E-state index in [2.05, 4.69) is 10.0 Å². The predicted octanol–water partition coefficient (Wildman–Crippen LogP) is 5.00. The number of pyridine rings is 1. The van der Waals surface area contributed by atoms with Crippen LogP contribution in [0.4, 0.5) is 23.8 Å². The average molecular weight is 907 g/mol. The van der Waals surface area contributed by atoms with Gasteiger partial charge in [-0.1, -0.05) is 26.0 Å². The molecule has 3 N–H and O–H groups in total. The molecule has 7 atom stereocenters. The van der Waals surface area contributed by atoms with Crippen molar-refractivity contribution in [3.63, 3.8) is 0 Å². The Morgan fingerprint density at radius 1 is 1.10 bits per heavy atom. The number of benzene rings is 1. The number of methoxy groups -OCH3 is 1. The number of anilines is 1. The molecule has 2 aliphatic carbocycles. The Labute approximate surface area is 364 Å². The summed E-state index contributed by atoms with van der Waals surface area (Å²) >= 11 is 0. The molecule has 0 bridgehead atoms. The highest BCUT2D eigenvalue weighted by Crippen LogP contribution is 2.48. The highest BCUT2D eigenvalue weighted by molar-refractivity contribution is 7.91. The van der Waals surface area contributed by atoms with Crippen molar-refractivity contribution in [2.75, 3.05) is 44.9 Å². The van der Waals surface area contributed by atoms with Gasteiger partial charge in [-0.25, -0.2) is 13.2 Å². The van der Waals surface area contributed by atoms with E-state index >= 15 is 4.79 Å². The highest BCUT2D eigenvalue weighted by atomic mass is 32.2. The largest absolute Gasteiger partial charge is 0.497 e. The topological polar surface area (TPSA) is 197 Å². The number of alkyl halides is 3. The molecule has 1 aromatic heterocycles. The Morgan fingerprint density at radius 2 is 1.79 bits per heavy atom. The molecule has 16 nitrogen and oxygen atoms in total. The number of ether oxygens (including phenoxy) is 3. The molecule has 4 fully saturated rings. The first-order chi connectivity index (χ1) is 29.5. The summed E-state index contributed by atoms with van der Waals surface area (Å²) in [4.78, 5) is 65.1. The Balaban J connectivity index is 1.31. The lowest BCUT2D eigenvalue weighted by Crippen LogP contribution is -2.66. The van der Waals surface area contributed by atoms with Crippen LogP contribution in [0, 0.1) is 17.8 Å². The fraction of sp³-hybridized carbons (Fsp3) is 0.651. The number of allylic oxidation sites excluding steroid dienone is 1. The van der Waals surface area contributed by atoms with Crippen LogP contribution in [0.1, 0.15) is 79.6 Å². The normalized spacial score (nSPS) is 29.1. The number of carbonyl (C=O) groups is 4. The molecule has 0 spiro atoms. The lowest BCUT2D eigenvalue weighted by atomic mass is 9.85. The maximum absolute atomic E-state index is 15.2. The SMILES string of the molecule is COc1ccc2c(O[C@@H]3C[C@H]4C(=O)N[C@]5(C(=O)NS(=O)(=O)C6(C)CC6)C[C@H]5C=CCC[C@H](C)C[C@@H](C)[C@H](N(C(=O)O)C(C)(C)C(F)(F)F)C(=O)N4C3)nc(N3CCOCC3)cc2c1. The minimum absolute atomic E-state index is 0.0450. The first-order valence-corrected chi connectivity index (χ1v) is 22.9. The molecule has 4 amide bonds. The van der Waals surface area contributed by atoms with Crippen molar-refractivity contribution in [3.05, 3.63) is 36.4 Å². The molecule has 0 unspecified atom stereocenters. The Bertz CT molecular complexity index is 2270. The van der Waals surface area contributed by atoms with Crippen LogP contribution in [0.5, 0.6) is 11.6 Å². The lowest BCUT2D eigenvalue weighted by molar-refractivity contribution is -0.222. The third-order valence-corrected chi connectivity index (χ3v) is 15.7. The minimum atomic E-state index is -5.11. The lowest BCUT2D eigenvalue weighted by Gasteiger charge is -2.45. The molecule has 346 valence electrons. The van der Waals surface area contributed by atoms with Gasteiger partial charge in [-0.05, 0) is 101 Å². The van der Waals surface area contributed by atoms with Crippen LogP contribution in [0.3, 0.4) is 0 Å². The van der Waals surface area contributed by atoms with Crippen LogP contribution in [-0.2, 0) is 29.1 Å². The number of rotatable bonds is 9. The standard InChI is InChI=1S/C43H57F3N6O10S/c1-25-9-7-8-10-28-23-42(28,38(55)49-63(58,59)41(5)13-14-41)48-35(53)32-22-30(24-51(32)37(54)34(26(2)19-25)52(39(56)57)40(3,4)43(44,45)46)62-36-31-12-11-29(60-6)20-27(31)21-33(47-36)50-15-17-61-18-16-50/h8,10-12,20-21,25-26,28,30,32,34H,7,9,13-19,22-24H2,1-6H3,(H,48,53)(H,49,55)(H,56,57)/t25-,26+,28+,30+,32-,34-,42+/m0/s1. The molecule has 0 radical (unpaired) electrons. The maximum atomic E-state index is 15.2. The molecule has 7 rings (SSSR count). The molecular weight excluding hydrogens is 850 g/mol. The third-order valence-electron chi connectivity index (χ3n) is 13.6. The zero-order chi connectivity index (χ0) is 45.9. The van der Waals surface area contributed by atoms with Crippen molar-refractivity contribution in [3.8, 4) is 11.6 Å². The number of fused-ring (bicyclic) bond motifs is 3. The van der Waals surface area contributed by atoms with Gasteiger partial charge in [0.1, 0.15) is 40.8 Å². The Morgan fingerprint density at radius 3 is 2.43 bits per heavy atom. The molecule has 2 saturated heterocycles. The summed E-state index contributed by atoms with van der Waals surface area (Å²) in [5.74, 6) is -3.39. The molecule has 3 aliphatic heterocycles. The second kappa shape index (κ2) is 16.9. The van der Waals surface area contributed by atoms with Crippen LogP contribution >= 0.6 is 0 Å². The number of halogens is 3. The van der Waals surface area contributed by atoms with E-state index in [1.165, 1.54) is 21.0 Å². The van der Waals surface area contributed by atoms with Gasteiger partial charge in [-0.2, -0.15) is 18.2 Å². The summed E-state index contributed by atoms with van der Waals surface area (Å²) in [5.41, 5.74) is -4.78. The smallest absolute Gasteiger partial charge is 0.411 e. The van der Waals surface area contributed by atoms with Crippen molar-refractivity contribution in [1.82, 2.24) is 24.8 Å². The van der Waals surface area contributed by atoms with Gasteiger partial charge in [0.05, 0.1) is 31.6 Å². The van der Waals surface area contributed by atoms with Crippen molar-refractivity contribution in [2.24, 2.45) is 17.8 Å². The number of nitrogens with one attached hydrogen (secondary N) is 2. The van der Waals surface area contributed by atoms with E-state index in [4.69, 9.17) is 19.2 Å². The van der Waals surface area contributed by atoms with Gasteiger partial charge in [0.2, 0.25) is 27.7 Å². The van der Waals surface area contributed by atoms with Gasteiger partial charge < -0.3 is 34.4 Å².